The van der Waals surface area contributed by atoms with Crippen LogP contribution in [0, 0.1) is 6.92 Å². The first-order chi connectivity index (χ1) is 14.1. The largest absolute Gasteiger partial charge is 0.545 e. The van der Waals surface area contributed by atoms with Gasteiger partial charge in [-0.25, -0.2) is 0 Å². The highest BCUT2D eigenvalue weighted by Gasteiger charge is 2.12. The van der Waals surface area contributed by atoms with Gasteiger partial charge in [-0.15, -0.1) is 10.2 Å². The second-order valence-electron chi connectivity index (χ2n) is 6.88. The van der Waals surface area contributed by atoms with Gasteiger partial charge in [0.05, 0.1) is 12.5 Å². The van der Waals surface area contributed by atoms with Crippen LogP contribution in [0.2, 0.25) is 0 Å². The molecular formula is C23H19N4O2-. The molecule has 144 valence electrons. The lowest BCUT2D eigenvalue weighted by Crippen LogP contribution is -2.23. The van der Waals surface area contributed by atoms with E-state index < -0.39 is 5.97 Å². The van der Waals surface area contributed by atoms with Crippen LogP contribution in [0.3, 0.4) is 0 Å². The maximum absolute atomic E-state index is 11.6. The van der Waals surface area contributed by atoms with E-state index in [1.54, 1.807) is 16.9 Å². The van der Waals surface area contributed by atoms with Crippen molar-refractivity contribution in [2.24, 2.45) is 0 Å². The van der Waals surface area contributed by atoms with Gasteiger partial charge in [0.1, 0.15) is 0 Å². The summed E-state index contributed by atoms with van der Waals surface area (Å²) >= 11 is 0. The van der Waals surface area contributed by atoms with Crippen molar-refractivity contribution in [1.82, 2.24) is 20.2 Å². The van der Waals surface area contributed by atoms with Gasteiger partial charge >= 0.3 is 0 Å². The van der Waals surface area contributed by atoms with Crippen molar-refractivity contribution in [2.45, 2.75) is 19.9 Å². The SMILES string of the molecule is Cc1ccccc1-c1cc(Cc2nnn(Cc3ccccc3)n2)ccc1C(=O)[O-]. The van der Waals surface area contributed by atoms with Gasteiger partial charge in [-0.05, 0) is 40.0 Å². The molecule has 6 heteroatoms. The first-order valence-corrected chi connectivity index (χ1v) is 9.31. The number of aromatic carboxylic acids is 1. The molecule has 29 heavy (non-hydrogen) atoms. The first kappa shape index (κ1) is 18.6. The van der Waals surface area contributed by atoms with E-state index in [0.717, 1.165) is 22.3 Å². The van der Waals surface area contributed by atoms with Crippen LogP contribution in [0.25, 0.3) is 11.1 Å². The maximum atomic E-state index is 11.6. The number of aromatic nitrogens is 4. The number of carbonyl (C=O) groups is 1. The second kappa shape index (κ2) is 8.06. The lowest BCUT2D eigenvalue weighted by molar-refractivity contribution is -0.254. The summed E-state index contributed by atoms with van der Waals surface area (Å²) in [5, 5.41) is 24.3. The molecule has 0 unspecified atom stereocenters. The molecule has 0 fully saturated rings. The number of tetrazole rings is 1. The van der Waals surface area contributed by atoms with Gasteiger partial charge in [-0.3, -0.25) is 0 Å². The molecule has 0 radical (unpaired) electrons. The normalized spacial score (nSPS) is 10.8. The summed E-state index contributed by atoms with van der Waals surface area (Å²) in [6.07, 6.45) is 0.459. The number of rotatable bonds is 6. The van der Waals surface area contributed by atoms with Gasteiger partial charge in [-0.2, -0.15) is 4.80 Å². The van der Waals surface area contributed by atoms with Crippen molar-refractivity contribution >= 4 is 5.97 Å². The molecule has 0 saturated heterocycles. The quantitative estimate of drug-likeness (QED) is 0.511. The third-order valence-corrected chi connectivity index (χ3v) is 4.76. The Morgan fingerprint density at radius 3 is 2.45 bits per heavy atom. The average Bonchev–Trinajstić information content (AvgIpc) is 3.15. The summed E-state index contributed by atoms with van der Waals surface area (Å²) < 4.78 is 0. The van der Waals surface area contributed by atoms with E-state index in [9.17, 15) is 9.90 Å². The predicted octanol–water partition coefficient (Wildman–Crippen LogP) is 2.65. The molecule has 0 aliphatic heterocycles. The zero-order chi connectivity index (χ0) is 20.2. The molecule has 0 atom stereocenters. The highest BCUT2D eigenvalue weighted by molar-refractivity contribution is 5.95. The fraction of sp³-hybridized carbons (Fsp3) is 0.130. The van der Waals surface area contributed by atoms with Gasteiger partial charge in [0, 0.05) is 12.0 Å². The van der Waals surface area contributed by atoms with Crippen molar-refractivity contribution in [3.63, 3.8) is 0 Å². The lowest BCUT2D eigenvalue weighted by Gasteiger charge is -2.14. The molecule has 4 rings (SSSR count). The number of carboxylic acid groups (broad SMARTS) is 1. The van der Waals surface area contributed by atoms with Gasteiger partial charge < -0.3 is 9.90 Å². The monoisotopic (exact) mass is 383 g/mol. The molecule has 6 nitrogen and oxygen atoms in total. The topological polar surface area (TPSA) is 83.7 Å². The summed E-state index contributed by atoms with van der Waals surface area (Å²) in [7, 11) is 0. The molecule has 0 aliphatic carbocycles. The van der Waals surface area contributed by atoms with E-state index in [4.69, 9.17) is 0 Å². The number of hydrogen-bond acceptors (Lipinski definition) is 5. The third kappa shape index (κ3) is 4.21. The number of aryl methyl sites for hydroxylation is 1. The van der Waals surface area contributed by atoms with Crippen molar-refractivity contribution < 1.29 is 9.90 Å². The minimum Gasteiger partial charge on any atom is -0.545 e. The number of benzene rings is 3. The molecule has 0 bridgehead atoms. The lowest BCUT2D eigenvalue weighted by atomic mass is 9.93. The highest BCUT2D eigenvalue weighted by atomic mass is 16.4. The van der Waals surface area contributed by atoms with Gasteiger partial charge in [-0.1, -0.05) is 72.8 Å². The predicted molar refractivity (Wildman–Crippen MR) is 107 cm³/mol. The number of nitrogens with zero attached hydrogens (tertiary/aromatic N) is 4. The Kier molecular flexibility index (Phi) is 5.16. The summed E-state index contributed by atoms with van der Waals surface area (Å²) in [5.41, 5.74) is 4.68. The van der Waals surface area contributed by atoms with Crippen LogP contribution in [0.5, 0.6) is 0 Å². The first-order valence-electron chi connectivity index (χ1n) is 9.31. The molecule has 4 aromatic rings. The van der Waals surface area contributed by atoms with E-state index in [1.165, 1.54) is 0 Å². The van der Waals surface area contributed by atoms with Crippen LogP contribution in [-0.4, -0.2) is 26.2 Å². The Morgan fingerprint density at radius 2 is 1.69 bits per heavy atom. The summed E-state index contributed by atoms with van der Waals surface area (Å²) in [6, 6.07) is 22.8. The third-order valence-electron chi connectivity index (χ3n) is 4.76. The molecule has 1 aromatic heterocycles. The Labute approximate surface area is 168 Å². The summed E-state index contributed by atoms with van der Waals surface area (Å²) in [4.78, 5) is 13.2. The van der Waals surface area contributed by atoms with Gasteiger partial charge in [0.25, 0.3) is 0 Å². The fourth-order valence-electron chi connectivity index (χ4n) is 3.32. The van der Waals surface area contributed by atoms with Crippen molar-refractivity contribution in [2.75, 3.05) is 0 Å². The van der Waals surface area contributed by atoms with Crippen molar-refractivity contribution in [3.8, 4) is 11.1 Å². The molecule has 0 amide bonds. The number of carbonyl (C=O) groups excluding carboxylic acids is 1. The van der Waals surface area contributed by atoms with Crippen LogP contribution in [-0.2, 0) is 13.0 Å². The van der Waals surface area contributed by atoms with E-state index >= 15 is 0 Å². The average molecular weight is 383 g/mol. The van der Waals surface area contributed by atoms with Gasteiger partial charge in [0.2, 0.25) is 0 Å². The smallest absolute Gasteiger partial charge is 0.179 e. The summed E-state index contributed by atoms with van der Waals surface area (Å²) in [5.74, 6) is -0.611. The van der Waals surface area contributed by atoms with Crippen LogP contribution >= 0.6 is 0 Å². The standard InChI is InChI=1S/C23H20N4O2/c1-16-7-5-6-10-19(16)21-13-18(11-12-20(21)23(28)29)14-22-24-26-27(25-22)15-17-8-3-2-4-9-17/h2-13H,14-15H2,1H3,(H,28,29)/p-1. The molecule has 3 aromatic carbocycles. The van der Waals surface area contributed by atoms with E-state index in [0.29, 0.717) is 24.4 Å². The van der Waals surface area contributed by atoms with Crippen molar-refractivity contribution in [3.05, 3.63) is 101 Å². The zero-order valence-corrected chi connectivity index (χ0v) is 15.9. The Hall–Kier alpha value is -3.80. The second-order valence-corrected chi connectivity index (χ2v) is 6.88. The molecule has 1 heterocycles. The van der Waals surface area contributed by atoms with Crippen LogP contribution < -0.4 is 5.11 Å². The Morgan fingerprint density at radius 1 is 0.931 bits per heavy atom. The van der Waals surface area contributed by atoms with Crippen LogP contribution in [0.4, 0.5) is 0 Å². The molecule has 0 spiro atoms. The highest BCUT2D eigenvalue weighted by Crippen LogP contribution is 2.28. The minimum absolute atomic E-state index is 0.170. The maximum Gasteiger partial charge on any atom is 0.179 e. The van der Waals surface area contributed by atoms with E-state index in [-0.39, 0.29) is 5.56 Å². The fourth-order valence-corrected chi connectivity index (χ4v) is 3.32. The Bertz CT molecular complexity index is 1150. The summed E-state index contributed by atoms with van der Waals surface area (Å²) in [6.45, 7) is 2.50. The van der Waals surface area contributed by atoms with Crippen LogP contribution in [0.1, 0.15) is 32.9 Å². The molecule has 0 N–H and O–H groups in total. The van der Waals surface area contributed by atoms with E-state index in [2.05, 4.69) is 15.4 Å². The Balaban J connectivity index is 1.61. The van der Waals surface area contributed by atoms with Crippen molar-refractivity contribution in [1.29, 1.82) is 0 Å². The number of carboxylic acids is 1. The minimum atomic E-state index is -1.19. The zero-order valence-electron chi connectivity index (χ0n) is 15.9. The molecule has 0 saturated carbocycles. The number of hydrogen-bond donors (Lipinski definition) is 0. The van der Waals surface area contributed by atoms with E-state index in [1.807, 2.05) is 67.6 Å². The molecule has 0 aliphatic rings. The van der Waals surface area contributed by atoms with Crippen LogP contribution in [0.15, 0.2) is 72.8 Å². The molecular weight excluding hydrogens is 364 g/mol. The van der Waals surface area contributed by atoms with Gasteiger partial charge in [0.15, 0.2) is 5.82 Å².